The fraction of sp³-hybridized carbons (Fsp3) is 0.429. The Balaban J connectivity index is 1.88. The minimum atomic E-state index is -3.08. The molecule has 2 aliphatic rings. The number of amides is 1. The molecule has 0 saturated carbocycles. The maximum atomic E-state index is 13.0. The van der Waals surface area contributed by atoms with E-state index < -0.39 is 15.7 Å². The van der Waals surface area contributed by atoms with E-state index in [0.29, 0.717) is 11.7 Å². The summed E-state index contributed by atoms with van der Waals surface area (Å²) in [6.07, 6.45) is 0. The summed E-state index contributed by atoms with van der Waals surface area (Å²) in [5, 5.41) is 0.354. The highest BCUT2D eigenvalue weighted by molar-refractivity contribution is 8.15. The van der Waals surface area contributed by atoms with Crippen LogP contribution in [0, 0.1) is 5.82 Å². The Morgan fingerprint density at radius 1 is 1.35 bits per heavy atom. The van der Waals surface area contributed by atoms with Crippen molar-refractivity contribution >= 4 is 44.3 Å². The van der Waals surface area contributed by atoms with Gasteiger partial charge in [0.2, 0.25) is 0 Å². The Labute approximate surface area is 142 Å². The number of thioether (sulfide) groups is 1. The third-order valence-corrected chi connectivity index (χ3v) is 7.25. The quantitative estimate of drug-likeness (QED) is 0.750. The van der Waals surface area contributed by atoms with E-state index in [0.717, 1.165) is 5.56 Å². The zero-order valence-electron chi connectivity index (χ0n) is 12.0. The van der Waals surface area contributed by atoms with E-state index in [4.69, 9.17) is 11.6 Å². The zero-order valence-corrected chi connectivity index (χ0v) is 14.4. The number of hydrogen-bond acceptors (Lipinski definition) is 4. The van der Waals surface area contributed by atoms with Crippen LogP contribution in [0.1, 0.15) is 5.56 Å². The van der Waals surface area contributed by atoms with Gasteiger partial charge < -0.3 is 4.90 Å². The summed E-state index contributed by atoms with van der Waals surface area (Å²) >= 11 is 6.80. The fourth-order valence-corrected chi connectivity index (χ4v) is 6.77. The molecule has 1 aromatic rings. The van der Waals surface area contributed by atoms with Gasteiger partial charge in [0.05, 0.1) is 17.5 Å². The first-order valence-electron chi connectivity index (χ1n) is 6.93. The first-order chi connectivity index (χ1) is 10.9. The smallest absolute Gasteiger partial charge is 0.262 e. The number of alkyl halides is 1. The van der Waals surface area contributed by atoms with Crippen molar-refractivity contribution in [2.24, 2.45) is 4.99 Å². The van der Waals surface area contributed by atoms with Crippen molar-refractivity contribution < 1.29 is 17.6 Å². The summed E-state index contributed by atoms with van der Waals surface area (Å²) in [4.78, 5) is 17.3. The molecule has 0 aliphatic carbocycles. The fourth-order valence-electron chi connectivity index (χ4n) is 2.74. The van der Waals surface area contributed by atoms with Crippen molar-refractivity contribution in [3.63, 3.8) is 0 Å². The van der Waals surface area contributed by atoms with Crippen LogP contribution in [0.2, 0.25) is 0 Å². The number of carbonyl (C=O) groups is 1. The Bertz CT molecular complexity index is 752. The van der Waals surface area contributed by atoms with Gasteiger partial charge in [0.25, 0.3) is 5.91 Å². The normalized spacial score (nSPS) is 27.4. The largest absolute Gasteiger partial charge is 0.342 e. The lowest BCUT2D eigenvalue weighted by atomic mass is 10.1. The topological polar surface area (TPSA) is 66.8 Å². The number of fused-ring (bicyclic) bond motifs is 1. The van der Waals surface area contributed by atoms with Crippen molar-refractivity contribution in [1.29, 1.82) is 0 Å². The van der Waals surface area contributed by atoms with Crippen LogP contribution in [0.5, 0.6) is 0 Å². The number of carbonyl (C=O) groups excluding carboxylic acids is 1. The lowest BCUT2D eigenvalue weighted by molar-refractivity contribution is -0.115. The van der Waals surface area contributed by atoms with Crippen molar-refractivity contribution in [2.45, 2.75) is 17.8 Å². The summed E-state index contributed by atoms with van der Waals surface area (Å²) in [7, 11) is -3.08. The van der Waals surface area contributed by atoms with Crippen LogP contribution in [0.15, 0.2) is 29.3 Å². The molecular weight excluding hydrogens is 363 g/mol. The van der Waals surface area contributed by atoms with E-state index >= 15 is 0 Å². The van der Waals surface area contributed by atoms with Gasteiger partial charge in [-0.25, -0.2) is 12.8 Å². The molecule has 124 valence electrons. The van der Waals surface area contributed by atoms with Gasteiger partial charge in [-0.1, -0.05) is 23.9 Å². The van der Waals surface area contributed by atoms with Crippen LogP contribution in [-0.2, 0) is 21.2 Å². The maximum Gasteiger partial charge on any atom is 0.262 e. The minimum Gasteiger partial charge on any atom is -0.342 e. The summed E-state index contributed by atoms with van der Waals surface area (Å²) < 4.78 is 36.7. The Morgan fingerprint density at radius 3 is 2.70 bits per heavy atom. The van der Waals surface area contributed by atoms with E-state index in [1.54, 1.807) is 12.1 Å². The predicted octanol–water partition coefficient (Wildman–Crippen LogP) is 1.66. The molecule has 0 spiro atoms. The van der Waals surface area contributed by atoms with Gasteiger partial charge in [0.15, 0.2) is 15.0 Å². The molecule has 2 aliphatic heterocycles. The molecule has 3 rings (SSSR count). The molecule has 0 bridgehead atoms. The predicted molar refractivity (Wildman–Crippen MR) is 88.9 cm³/mol. The van der Waals surface area contributed by atoms with Crippen LogP contribution in [-0.4, -0.2) is 53.1 Å². The van der Waals surface area contributed by atoms with Crippen LogP contribution in [0.3, 0.4) is 0 Å². The molecule has 5 nitrogen and oxygen atoms in total. The summed E-state index contributed by atoms with van der Waals surface area (Å²) in [6, 6.07) is 5.75. The third-order valence-electron chi connectivity index (χ3n) is 3.78. The van der Waals surface area contributed by atoms with Crippen molar-refractivity contribution in [2.75, 3.05) is 17.4 Å². The van der Waals surface area contributed by atoms with Crippen LogP contribution in [0.25, 0.3) is 0 Å². The van der Waals surface area contributed by atoms with Gasteiger partial charge >= 0.3 is 0 Å². The minimum absolute atomic E-state index is 0.0416. The van der Waals surface area contributed by atoms with E-state index in [1.807, 2.05) is 4.90 Å². The Kier molecular flexibility index (Phi) is 4.66. The standard InChI is InChI=1S/C14H14ClFN2O3S2/c15-5-13(19)17-14-18(6-9-1-3-10(16)4-2-9)11-7-23(20,21)8-12(11)22-14/h1-4,11-12H,5-8H2/t11-,12+/m0/s1. The molecule has 2 fully saturated rings. The molecule has 0 aromatic heterocycles. The molecule has 1 amide bonds. The van der Waals surface area contributed by atoms with Crippen LogP contribution in [0.4, 0.5) is 4.39 Å². The number of rotatable bonds is 3. The average Bonchev–Trinajstić information content (AvgIpc) is 2.94. The molecule has 2 saturated heterocycles. The first kappa shape index (κ1) is 16.7. The molecule has 9 heteroatoms. The van der Waals surface area contributed by atoms with Crippen LogP contribution >= 0.6 is 23.4 Å². The second kappa shape index (κ2) is 6.41. The van der Waals surface area contributed by atoms with Crippen molar-refractivity contribution in [3.8, 4) is 0 Å². The highest BCUT2D eigenvalue weighted by Crippen LogP contribution is 2.39. The van der Waals surface area contributed by atoms with Crippen molar-refractivity contribution in [3.05, 3.63) is 35.6 Å². The zero-order chi connectivity index (χ0) is 16.6. The molecular formula is C14H14ClFN2O3S2. The van der Waals surface area contributed by atoms with E-state index in [2.05, 4.69) is 4.99 Å². The number of amidine groups is 1. The molecule has 0 unspecified atom stereocenters. The monoisotopic (exact) mass is 376 g/mol. The van der Waals surface area contributed by atoms with E-state index in [9.17, 15) is 17.6 Å². The van der Waals surface area contributed by atoms with Gasteiger partial charge in [-0.2, -0.15) is 4.99 Å². The Hall–Kier alpha value is -1.12. The molecule has 0 N–H and O–H groups in total. The average molecular weight is 377 g/mol. The summed E-state index contributed by atoms with van der Waals surface area (Å²) in [5.74, 6) is -0.892. The van der Waals surface area contributed by atoms with Gasteiger partial charge in [-0.15, -0.1) is 11.6 Å². The number of nitrogens with zero attached hydrogens (tertiary/aromatic N) is 2. The molecule has 2 atom stereocenters. The van der Waals surface area contributed by atoms with E-state index in [1.165, 1.54) is 23.9 Å². The molecule has 1 aromatic carbocycles. The number of benzene rings is 1. The Morgan fingerprint density at radius 2 is 2.04 bits per heavy atom. The van der Waals surface area contributed by atoms with Gasteiger partial charge in [0.1, 0.15) is 11.7 Å². The maximum absolute atomic E-state index is 13.0. The number of aliphatic imine (C=N–C) groups is 1. The lowest BCUT2D eigenvalue weighted by Crippen LogP contribution is -2.37. The molecule has 0 radical (unpaired) electrons. The summed E-state index contributed by atoms with van der Waals surface area (Å²) in [5.41, 5.74) is 0.822. The molecule has 2 heterocycles. The SMILES string of the molecule is O=C(CCl)N=C1S[C@@H]2CS(=O)(=O)C[C@@H]2N1Cc1ccc(F)cc1. The highest BCUT2D eigenvalue weighted by atomic mass is 35.5. The van der Waals surface area contributed by atoms with E-state index in [-0.39, 0.29) is 34.5 Å². The van der Waals surface area contributed by atoms with Gasteiger partial charge in [0, 0.05) is 11.8 Å². The summed E-state index contributed by atoms with van der Waals surface area (Å²) in [6.45, 7) is 0.373. The molecule has 23 heavy (non-hydrogen) atoms. The number of halogens is 2. The van der Waals surface area contributed by atoms with Crippen LogP contribution < -0.4 is 0 Å². The first-order valence-corrected chi connectivity index (χ1v) is 10.2. The third kappa shape index (κ3) is 3.70. The number of sulfone groups is 1. The van der Waals surface area contributed by atoms with Crippen molar-refractivity contribution in [1.82, 2.24) is 4.90 Å². The lowest BCUT2D eigenvalue weighted by Gasteiger charge is -2.24. The number of hydrogen-bond donors (Lipinski definition) is 0. The van der Waals surface area contributed by atoms with Gasteiger partial charge in [-0.05, 0) is 17.7 Å². The second-order valence-electron chi connectivity index (χ2n) is 5.48. The highest BCUT2D eigenvalue weighted by Gasteiger charge is 2.48. The second-order valence-corrected chi connectivity index (χ2v) is 9.10. The van der Waals surface area contributed by atoms with Gasteiger partial charge in [-0.3, -0.25) is 4.79 Å².